The summed E-state index contributed by atoms with van der Waals surface area (Å²) in [6.45, 7) is 4.29. The van der Waals surface area contributed by atoms with E-state index < -0.39 is 20.8 Å². The molecule has 0 saturated heterocycles. The molecule has 0 atom stereocenters. The Hall–Kier alpha value is -6.15. The molecule has 0 saturated carbocycles. The van der Waals surface area contributed by atoms with Crippen LogP contribution in [0.15, 0.2) is 128 Å². The average molecular weight is 794 g/mol. The van der Waals surface area contributed by atoms with Crippen molar-refractivity contribution in [2.24, 2.45) is 0 Å². The van der Waals surface area contributed by atoms with Gasteiger partial charge < -0.3 is 34.5 Å². The fourth-order valence-corrected chi connectivity index (χ4v) is 4.05. The Kier molecular flexibility index (Phi) is 22.1. The molecule has 281 valence electrons. The van der Waals surface area contributed by atoms with Crippen LogP contribution in [0.25, 0.3) is 33.8 Å². The Morgan fingerprint density at radius 2 is 0.630 bits per heavy atom. The fraction of sp³-hybridized carbons (Fsp3) is 0.118. The summed E-state index contributed by atoms with van der Waals surface area (Å²) in [5.74, 6) is 0. The third kappa shape index (κ3) is 19.5. The molecule has 0 aliphatic carbocycles. The average Bonchev–Trinajstić information content (AvgIpc) is 3.89. The third-order valence-electron chi connectivity index (χ3n) is 5.74. The van der Waals surface area contributed by atoms with Crippen molar-refractivity contribution >= 4 is 14.5 Å². The van der Waals surface area contributed by atoms with Gasteiger partial charge in [0.2, 0.25) is 6.29 Å². The van der Waals surface area contributed by atoms with Crippen LogP contribution in [0.1, 0.15) is 27.1 Å². The summed E-state index contributed by atoms with van der Waals surface area (Å²) < 4.78 is 83.7. The number of nitrogens with zero attached hydrogens (tertiary/aromatic N) is 9. The first-order chi connectivity index (χ1) is 25.1. The SMILES string of the molecule is CC#N.CC#N.CC#N.F[B-](F)(F)F.F[B-](F)(F)F.[Mn+2].c1ccc(-c2ccn(C(n3ccc(-c4ccccc4)n3)n3ccc(-c4ccccc4)n3)n2)cc1. The van der Waals surface area contributed by atoms with E-state index in [-0.39, 0.29) is 17.1 Å². The van der Waals surface area contributed by atoms with Crippen molar-refractivity contribution in [1.82, 2.24) is 29.3 Å². The van der Waals surface area contributed by atoms with Crippen molar-refractivity contribution in [3.63, 3.8) is 0 Å². The molecule has 0 aliphatic heterocycles. The molecule has 3 aromatic heterocycles. The zero-order valence-corrected chi connectivity index (χ0v) is 30.0. The van der Waals surface area contributed by atoms with E-state index in [1.54, 1.807) is 18.2 Å². The van der Waals surface area contributed by atoms with Gasteiger partial charge in [-0.1, -0.05) is 91.0 Å². The molecule has 0 fully saturated rings. The number of benzene rings is 3. The second kappa shape index (κ2) is 24.9. The number of aromatic nitrogens is 6. The van der Waals surface area contributed by atoms with Crippen molar-refractivity contribution in [3.8, 4) is 52.0 Å². The fourth-order valence-electron chi connectivity index (χ4n) is 4.05. The molecule has 0 spiro atoms. The molecule has 6 aromatic rings. The molecule has 0 aliphatic rings. The second-order valence-corrected chi connectivity index (χ2v) is 9.65. The topological polar surface area (TPSA) is 125 Å². The van der Waals surface area contributed by atoms with E-state index in [9.17, 15) is 34.5 Å². The molecular weight excluding hydrogens is 763 g/mol. The van der Waals surface area contributed by atoms with Crippen LogP contribution in [-0.2, 0) is 17.1 Å². The molecule has 0 unspecified atom stereocenters. The Morgan fingerprint density at radius 1 is 0.444 bits per heavy atom. The zero-order chi connectivity index (χ0) is 39.9. The quantitative estimate of drug-likeness (QED) is 0.122. The molecular formula is C34H31B2F8MnN9. The summed E-state index contributed by atoms with van der Waals surface area (Å²) >= 11 is 0. The van der Waals surface area contributed by atoms with Gasteiger partial charge in [-0.2, -0.15) is 31.1 Å². The largest absolute Gasteiger partial charge is 2.00 e. The summed E-state index contributed by atoms with van der Waals surface area (Å²) in [6.07, 6.45) is 5.52. The minimum atomic E-state index is -6.00. The first-order valence-corrected chi connectivity index (χ1v) is 15.1. The van der Waals surface area contributed by atoms with Gasteiger partial charge in [-0.3, -0.25) is 0 Å². The number of nitriles is 3. The molecule has 1 radical (unpaired) electrons. The van der Waals surface area contributed by atoms with Crippen molar-refractivity contribution in [3.05, 3.63) is 128 Å². The molecule has 3 aromatic carbocycles. The predicted molar refractivity (Wildman–Crippen MR) is 187 cm³/mol. The van der Waals surface area contributed by atoms with Crippen LogP contribution >= 0.6 is 0 Å². The van der Waals surface area contributed by atoms with E-state index in [0.29, 0.717) is 0 Å². The van der Waals surface area contributed by atoms with Gasteiger partial charge in [0, 0.05) is 56.1 Å². The summed E-state index contributed by atoms with van der Waals surface area (Å²) in [7, 11) is -12.0. The zero-order valence-electron chi connectivity index (χ0n) is 28.8. The smallest absolute Gasteiger partial charge is 0.418 e. The summed E-state index contributed by atoms with van der Waals surface area (Å²) in [5.41, 5.74) is 5.90. The van der Waals surface area contributed by atoms with Gasteiger partial charge in [-0.25, -0.2) is 14.0 Å². The van der Waals surface area contributed by atoms with Crippen LogP contribution in [0.5, 0.6) is 0 Å². The first-order valence-electron chi connectivity index (χ1n) is 15.1. The number of hydrogen-bond donors (Lipinski definition) is 0. The molecule has 0 amide bonds. The normalized spacial score (nSPS) is 9.72. The maximum atomic E-state index is 9.75. The van der Waals surface area contributed by atoms with Gasteiger partial charge in [-0.15, -0.1) is 0 Å². The van der Waals surface area contributed by atoms with Crippen LogP contribution in [0.2, 0.25) is 0 Å². The van der Waals surface area contributed by atoms with Crippen LogP contribution in [0.3, 0.4) is 0 Å². The molecule has 54 heavy (non-hydrogen) atoms. The maximum absolute atomic E-state index is 9.75. The van der Waals surface area contributed by atoms with Crippen LogP contribution in [0.4, 0.5) is 34.5 Å². The number of halogens is 8. The van der Waals surface area contributed by atoms with Gasteiger partial charge in [0.1, 0.15) is 0 Å². The Balaban J connectivity index is 0.00000118. The Morgan fingerprint density at radius 3 is 0.815 bits per heavy atom. The summed E-state index contributed by atoms with van der Waals surface area (Å²) in [5, 5.41) is 36.6. The van der Waals surface area contributed by atoms with Crippen molar-refractivity contribution in [1.29, 1.82) is 15.8 Å². The standard InChI is InChI=1S/C28H22N6.3C2H3N.2BF4.Mn/c1-4-10-22(11-5-1)25-16-19-32(29-25)28(33-20-17-26(30-33)23-12-6-2-7-13-23)34-21-18-27(31-34)24-14-8-3-9-15-24;3*1-2-3;2*2-1(3,4)5;/h1-21,28H;3*1H3;;;/q;;;;2*-1;+2. The van der Waals surface area contributed by atoms with Gasteiger partial charge in [0.05, 0.1) is 35.3 Å². The number of rotatable bonds is 6. The molecule has 6 rings (SSSR count). The number of hydrogen-bond acceptors (Lipinski definition) is 6. The monoisotopic (exact) mass is 794 g/mol. The first kappa shape index (κ1) is 47.8. The van der Waals surface area contributed by atoms with E-state index in [1.807, 2.05) is 105 Å². The van der Waals surface area contributed by atoms with E-state index in [2.05, 4.69) is 36.4 Å². The van der Waals surface area contributed by atoms with Crippen molar-refractivity contribution in [2.75, 3.05) is 0 Å². The third-order valence-corrected chi connectivity index (χ3v) is 5.74. The van der Waals surface area contributed by atoms with Crippen LogP contribution in [0, 0.1) is 34.0 Å². The van der Waals surface area contributed by atoms with E-state index >= 15 is 0 Å². The maximum Gasteiger partial charge on any atom is 2.00 e. The minimum Gasteiger partial charge on any atom is -0.418 e. The Bertz CT molecular complexity index is 1780. The van der Waals surface area contributed by atoms with Crippen molar-refractivity contribution < 1.29 is 51.6 Å². The predicted octanol–water partition coefficient (Wildman–Crippen LogP) is 10.0. The van der Waals surface area contributed by atoms with Crippen LogP contribution in [-0.4, -0.2) is 43.9 Å². The Labute approximate surface area is 317 Å². The summed E-state index contributed by atoms with van der Waals surface area (Å²) in [4.78, 5) is 0. The molecule has 9 nitrogen and oxygen atoms in total. The van der Waals surface area contributed by atoms with Gasteiger partial charge in [0.25, 0.3) is 0 Å². The van der Waals surface area contributed by atoms with Gasteiger partial charge in [-0.05, 0) is 18.2 Å². The van der Waals surface area contributed by atoms with E-state index in [0.717, 1.165) is 33.8 Å². The van der Waals surface area contributed by atoms with Crippen LogP contribution < -0.4 is 0 Å². The van der Waals surface area contributed by atoms with Gasteiger partial charge >= 0.3 is 31.6 Å². The molecule has 0 bridgehead atoms. The minimum absolute atomic E-state index is 0. The second-order valence-electron chi connectivity index (χ2n) is 9.65. The van der Waals surface area contributed by atoms with Crippen molar-refractivity contribution in [2.45, 2.75) is 27.1 Å². The molecule has 0 N–H and O–H groups in total. The summed E-state index contributed by atoms with van der Waals surface area (Å²) in [6, 6.07) is 41.8. The van der Waals surface area contributed by atoms with E-state index in [1.165, 1.54) is 20.8 Å². The van der Waals surface area contributed by atoms with E-state index in [4.69, 9.17) is 31.1 Å². The molecule has 20 heteroatoms. The molecule has 3 heterocycles. The van der Waals surface area contributed by atoms with Gasteiger partial charge in [0.15, 0.2) is 0 Å².